The van der Waals surface area contributed by atoms with Crippen molar-refractivity contribution in [2.45, 2.75) is 13.0 Å². The number of ether oxygens (including phenoxy) is 1. The van der Waals surface area contributed by atoms with Crippen LogP contribution < -0.4 is 15.0 Å². The molecule has 2 heterocycles. The third-order valence-corrected chi connectivity index (χ3v) is 3.76. The molecule has 0 aromatic heterocycles. The molecule has 2 aliphatic rings. The van der Waals surface area contributed by atoms with Gasteiger partial charge in [-0.2, -0.15) is 0 Å². The molecule has 1 fully saturated rings. The molecule has 1 aromatic carbocycles. The Balaban J connectivity index is 1.91. The summed E-state index contributed by atoms with van der Waals surface area (Å²) < 4.78 is 5.79. The minimum atomic E-state index is -0.430. The average Bonchev–Trinajstić information content (AvgIpc) is 2.41. The zero-order valence-electron chi connectivity index (χ0n) is 11.3. The first-order valence-electron chi connectivity index (χ1n) is 6.69. The van der Waals surface area contributed by atoms with Crippen LogP contribution in [0, 0.1) is 0 Å². The molecule has 0 aliphatic carbocycles. The number of piperazine rings is 1. The molecule has 102 valence electrons. The Kier molecular flexibility index (Phi) is 3.06. The van der Waals surface area contributed by atoms with Gasteiger partial charge in [0.05, 0.1) is 11.4 Å². The fourth-order valence-electron chi connectivity index (χ4n) is 2.51. The maximum atomic E-state index is 11.6. The summed E-state index contributed by atoms with van der Waals surface area (Å²) in [5.74, 6) is 0.724. The Morgan fingerprint density at radius 1 is 1.26 bits per heavy atom. The standard InChI is InChI=1S/C14H19N3O2/c1-10-14(18)15-11-4-3-5-12(13(11)19-10)17-8-6-16(2)7-9-17/h3-5,10H,6-9H2,1-2H3,(H,15,18). The Labute approximate surface area is 113 Å². The molecular weight excluding hydrogens is 242 g/mol. The normalized spacial score (nSPS) is 23.6. The van der Waals surface area contributed by atoms with Gasteiger partial charge in [-0.25, -0.2) is 0 Å². The lowest BCUT2D eigenvalue weighted by Gasteiger charge is -2.36. The summed E-state index contributed by atoms with van der Waals surface area (Å²) in [7, 11) is 2.14. The van der Waals surface area contributed by atoms with Crippen molar-refractivity contribution < 1.29 is 9.53 Å². The minimum absolute atomic E-state index is 0.0805. The molecule has 2 aliphatic heterocycles. The van der Waals surface area contributed by atoms with Gasteiger partial charge in [-0.1, -0.05) is 6.07 Å². The van der Waals surface area contributed by atoms with Gasteiger partial charge in [0.25, 0.3) is 5.91 Å². The van der Waals surface area contributed by atoms with Crippen molar-refractivity contribution in [1.29, 1.82) is 0 Å². The van der Waals surface area contributed by atoms with E-state index in [0.717, 1.165) is 43.3 Å². The van der Waals surface area contributed by atoms with Crippen molar-refractivity contribution >= 4 is 17.3 Å². The number of likely N-dealkylation sites (N-methyl/N-ethyl adjacent to an activating group) is 1. The highest BCUT2D eigenvalue weighted by Crippen LogP contribution is 2.39. The van der Waals surface area contributed by atoms with Crippen LogP contribution in [0.15, 0.2) is 18.2 Å². The topological polar surface area (TPSA) is 44.8 Å². The number of fused-ring (bicyclic) bond motifs is 1. The van der Waals surface area contributed by atoms with E-state index in [9.17, 15) is 4.79 Å². The van der Waals surface area contributed by atoms with E-state index in [2.05, 4.69) is 28.2 Å². The van der Waals surface area contributed by atoms with E-state index < -0.39 is 6.10 Å². The van der Waals surface area contributed by atoms with E-state index in [1.807, 2.05) is 12.1 Å². The Morgan fingerprint density at radius 2 is 2.00 bits per heavy atom. The quantitative estimate of drug-likeness (QED) is 0.824. The highest BCUT2D eigenvalue weighted by molar-refractivity contribution is 5.99. The molecule has 3 rings (SSSR count). The second-order valence-electron chi connectivity index (χ2n) is 5.19. The molecule has 1 amide bonds. The summed E-state index contributed by atoms with van der Waals surface area (Å²) in [6.45, 7) is 5.84. The molecular formula is C14H19N3O2. The molecule has 0 radical (unpaired) electrons. The van der Waals surface area contributed by atoms with E-state index in [0.29, 0.717) is 0 Å². The first kappa shape index (κ1) is 12.3. The van der Waals surface area contributed by atoms with Crippen molar-refractivity contribution in [3.8, 4) is 5.75 Å². The maximum Gasteiger partial charge on any atom is 0.265 e. The van der Waals surface area contributed by atoms with Crippen LogP contribution >= 0.6 is 0 Å². The van der Waals surface area contributed by atoms with Crippen LogP contribution in [0.25, 0.3) is 0 Å². The zero-order chi connectivity index (χ0) is 13.4. The lowest BCUT2D eigenvalue weighted by atomic mass is 10.1. The molecule has 5 heteroatoms. The van der Waals surface area contributed by atoms with Gasteiger partial charge in [0, 0.05) is 26.2 Å². The maximum absolute atomic E-state index is 11.6. The fourth-order valence-corrected chi connectivity index (χ4v) is 2.51. The Hall–Kier alpha value is -1.75. The molecule has 1 atom stereocenters. The third-order valence-electron chi connectivity index (χ3n) is 3.76. The molecule has 1 unspecified atom stereocenters. The Morgan fingerprint density at radius 3 is 2.74 bits per heavy atom. The van der Waals surface area contributed by atoms with Crippen molar-refractivity contribution in [1.82, 2.24) is 4.90 Å². The lowest BCUT2D eigenvalue weighted by molar-refractivity contribution is -0.122. The van der Waals surface area contributed by atoms with Crippen molar-refractivity contribution in [3.63, 3.8) is 0 Å². The zero-order valence-corrected chi connectivity index (χ0v) is 11.3. The number of carbonyl (C=O) groups is 1. The summed E-state index contributed by atoms with van der Waals surface area (Å²) in [5.41, 5.74) is 1.86. The first-order chi connectivity index (χ1) is 9.15. The number of hydrogen-bond acceptors (Lipinski definition) is 4. The van der Waals surface area contributed by atoms with Gasteiger partial charge in [-0.15, -0.1) is 0 Å². The fraction of sp³-hybridized carbons (Fsp3) is 0.500. The van der Waals surface area contributed by atoms with Gasteiger partial charge in [0.15, 0.2) is 11.9 Å². The summed E-state index contributed by atoms with van der Waals surface area (Å²) in [4.78, 5) is 16.3. The smallest absolute Gasteiger partial charge is 0.265 e. The number of anilines is 2. The van der Waals surface area contributed by atoms with Crippen LogP contribution in [0.5, 0.6) is 5.75 Å². The number of amides is 1. The monoisotopic (exact) mass is 261 g/mol. The predicted molar refractivity (Wildman–Crippen MR) is 74.9 cm³/mol. The molecule has 1 aromatic rings. The van der Waals surface area contributed by atoms with Gasteiger partial charge in [-0.05, 0) is 26.1 Å². The number of nitrogens with zero attached hydrogens (tertiary/aromatic N) is 2. The van der Waals surface area contributed by atoms with Crippen LogP contribution in [-0.4, -0.2) is 50.1 Å². The highest BCUT2D eigenvalue weighted by Gasteiger charge is 2.28. The van der Waals surface area contributed by atoms with Crippen molar-refractivity contribution in [2.24, 2.45) is 0 Å². The van der Waals surface area contributed by atoms with Gasteiger partial charge in [0.1, 0.15) is 0 Å². The lowest BCUT2D eigenvalue weighted by Crippen LogP contribution is -2.45. The van der Waals surface area contributed by atoms with E-state index in [1.54, 1.807) is 6.92 Å². The van der Waals surface area contributed by atoms with E-state index in [-0.39, 0.29) is 5.91 Å². The van der Waals surface area contributed by atoms with Crippen LogP contribution in [0.2, 0.25) is 0 Å². The molecule has 1 saturated heterocycles. The third kappa shape index (κ3) is 2.26. The molecule has 5 nitrogen and oxygen atoms in total. The minimum Gasteiger partial charge on any atom is -0.477 e. The summed E-state index contributed by atoms with van der Waals surface area (Å²) in [5, 5.41) is 2.90. The van der Waals surface area contributed by atoms with E-state index in [1.165, 1.54) is 0 Å². The predicted octanol–water partition coefficient (Wildman–Crippen LogP) is 1.16. The van der Waals surface area contributed by atoms with Crippen LogP contribution in [0.3, 0.4) is 0 Å². The second-order valence-corrected chi connectivity index (χ2v) is 5.19. The van der Waals surface area contributed by atoms with Crippen LogP contribution in [0.1, 0.15) is 6.92 Å². The Bertz CT molecular complexity index is 495. The SMILES string of the molecule is CC1Oc2c(cccc2N2CCN(C)CC2)NC1=O. The summed E-state index contributed by atoms with van der Waals surface area (Å²) >= 11 is 0. The second kappa shape index (κ2) is 4.74. The van der Waals surface area contributed by atoms with Gasteiger partial charge >= 0.3 is 0 Å². The molecule has 19 heavy (non-hydrogen) atoms. The molecule has 0 saturated carbocycles. The van der Waals surface area contributed by atoms with Gasteiger partial charge in [0.2, 0.25) is 0 Å². The largest absolute Gasteiger partial charge is 0.477 e. The molecule has 0 bridgehead atoms. The van der Waals surface area contributed by atoms with Crippen molar-refractivity contribution in [2.75, 3.05) is 43.4 Å². The summed E-state index contributed by atoms with van der Waals surface area (Å²) in [6.07, 6.45) is -0.430. The van der Waals surface area contributed by atoms with Crippen LogP contribution in [-0.2, 0) is 4.79 Å². The number of para-hydroxylation sites is 1. The average molecular weight is 261 g/mol. The highest BCUT2D eigenvalue weighted by atomic mass is 16.5. The molecule has 0 spiro atoms. The van der Waals surface area contributed by atoms with Gasteiger partial charge in [-0.3, -0.25) is 4.79 Å². The number of hydrogen-bond donors (Lipinski definition) is 1. The van der Waals surface area contributed by atoms with Gasteiger partial charge < -0.3 is 19.9 Å². The van der Waals surface area contributed by atoms with Crippen LogP contribution in [0.4, 0.5) is 11.4 Å². The first-order valence-corrected chi connectivity index (χ1v) is 6.69. The van der Waals surface area contributed by atoms with Crippen molar-refractivity contribution in [3.05, 3.63) is 18.2 Å². The number of carbonyl (C=O) groups excluding carboxylic acids is 1. The number of nitrogens with one attached hydrogen (secondary N) is 1. The molecule has 1 N–H and O–H groups in total. The number of rotatable bonds is 1. The summed E-state index contributed by atoms with van der Waals surface area (Å²) in [6, 6.07) is 5.92. The van der Waals surface area contributed by atoms with E-state index >= 15 is 0 Å². The van der Waals surface area contributed by atoms with E-state index in [4.69, 9.17) is 4.74 Å². The number of benzene rings is 1.